The molecule has 0 saturated carbocycles. The van der Waals surface area contributed by atoms with E-state index in [9.17, 15) is 13.6 Å². The van der Waals surface area contributed by atoms with Crippen LogP contribution >= 0.6 is 27.5 Å². The molecule has 0 heterocycles. The van der Waals surface area contributed by atoms with Gasteiger partial charge in [-0.2, -0.15) is 8.78 Å². The maximum absolute atomic E-state index is 12.0. The molecule has 128 valence electrons. The highest BCUT2D eigenvalue weighted by atomic mass is 79.9. The quantitative estimate of drug-likeness (QED) is 0.722. The number of hydrogen-bond donors (Lipinski definition) is 1. The Balaban J connectivity index is 1.78. The average Bonchev–Trinajstić information content (AvgIpc) is 2.53. The fourth-order valence-electron chi connectivity index (χ4n) is 1.78. The van der Waals surface area contributed by atoms with Crippen LogP contribution in [0.2, 0.25) is 5.02 Å². The van der Waals surface area contributed by atoms with Gasteiger partial charge in [0.1, 0.15) is 11.5 Å². The van der Waals surface area contributed by atoms with Crippen molar-refractivity contribution in [2.45, 2.75) is 13.2 Å². The molecule has 0 atom stereocenters. The van der Waals surface area contributed by atoms with Gasteiger partial charge < -0.3 is 14.8 Å². The van der Waals surface area contributed by atoms with Crippen LogP contribution in [0, 0.1) is 0 Å². The molecule has 0 radical (unpaired) electrons. The van der Waals surface area contributed by atoms with Gasteiger partial charge in [0.15, 0.2) is 6.61 Å². The highest BCUT2D eigenvalue weighted by Gasteiger charge is 2.07. The van der Waals surface area contributed by atoms with Crippen molar-refractivity contribution >= 4 is 33.4 Å². The number of halogens is 4. The van der Waals surface area contributed by atoms with Crippen molar-refractivity contribution in [3.63, 3.8) is 0 Å². The Morgan fingerprint density at radius 2 is 1.92 bits per heavy atom. The van der Waals surface area contributed by atoms with E-state index in [0.717, 1.165) is 10.0 Å². The van der Waals surface area contributed by atoms with E-state index in [0.29, 0.717) is 10.8 Å². The first kappa shape index (κ1) is 18.5. The fraction of sp³-hybridized carbons (Fsp3) is 0.188. The van der Waals surface area contributed by atoms with Crippen LogP contribution in [0.15, 0.2) is 46.9 Å². The van der Waals surface area contributed by atoms with Crippen molar-refractivity contribution < 1.29 is 23.0 Å². The zero-order valence-electron chi connectivity index (χ0n) is 12.3. The Morgan fingerprint density at radius 1 is 1.21 bits per heavy atom. The van der Waals surface area contributed by atoms with Crippen LogP contribution in [0.3, 0.4) is 0 Å². The van der Waals surface area contributed by atoms with Gasteiger partial charge in [-0.1, -0.05) is 39.7 Å². The zero-order chi connectivity index (χ0) is 17.5. The second-order valence-corrected chi connectivity index (χ2v) is 5.99. The summed E-state index contributed by atoms with van der Waals surface area (Å²) in [6.07, 6.45) is 0. The second-order valence-electron chi connectivity index (χ2n) is 4.66. The molecule has 0 aliphatic carbocycles. The molecule has 24 heavy (non-hydrogen) atoms. The molecule has 2 aromatic rings. The molecule has 1 amide bonds. The summed E-state index contributed by atoms with van der Waals surface area (Å²) < 4.78 is 34.5. The molecule has 0 aromatic heterocycles. The topological polar surface area (TPSA) is 47.6 Å². The lowest BCUT2D eigenvalue weighted by molar-refractivity contribution is -0.123. The van der Waals surface area contributed by atoms with Gasteiger partial charge in [-0.05, 0) is 35.9 Å². The molecule has 0 aliphatic heterocycles. The van der Waals surface area contributed by atoms with Crippen LogP contribution in [0.25, 0.3) is 0 Å². The molecule has 0 aliphatic rings. The molecule has 0 bridgehead atoms. The Bertz CT molecular complexity index is 698. The van der Waals surface area contributed by atoms with Gasteiger partial charge in [0.05, 0.1) is 5.02 Å². The fourth-order valence-corrected chi connectivity index (χ4v) is 2.50. The van der Waals surface area contributed by atoms with E-state index in [1.165, 1.54) is 12.1 Å². The lowest BCUT2D eigenvalue weighted by Crippen LogP contribution is -2.28. The molecule has 1 N–H and O–H groups in total. The maximum atomic E-state index is 12.0. The monoisotopic (exact) mass is 419 g/mol. The van der Waals surface area contributed by atoms with Crippen LogP contribution in [-0.2, 0) is 11.3 Å². The largest absolute Gasteiger partial charge is 0.482 e. The number of ether oxygens (including phenoxy) is 2. The van der Waals surface area contributed by atoms with Gasteiger partial charge in [0, 0.05) is 11.0 Å². The lowest BCUT2D eigenvalue weighted by Gasteiger charge is -2.09. The van der Waals surface area contributed by atoms with Crippen molar-refractivity contribution in [3.8, 4) is 11.5 Å². The summed E-state index contributed by atoms with van der Waals surface area (Å²) in [5.74, 6) is 0.138. The molecule has 0 fully saturated rings. The van der Waals surface area contributed by atoms with Crippen molar-refractivity contribution in [2.75, 3.05) is 6.61 Å². The van der Waals surface area contributed by atoms with Crippen LogP contribution in [0.1, 0.15) is 5.56 Å². The first-order chi connectivity index (χ1) is 11.4. The summed E-state index contributed by atoms with van der Waals surface area (Å²) in [7, 11) is 0. The Labute approximate surface area is 150 Å². The predicted molar refractivity (Wildman–Crippen MR) is 89.6 cm³/mol. The third kappa shape index (κ3) is 5.98. The van der Waals surface area contributed by atoms with Gasteiger partial charge in [0.25, 0.3) is 5.91 Å². The van der Waals surface area contributed by atoms with E-state index in [4.69, 9.17) is 16.3 Å². The molecule has 0 spiro atoms. The van der Waals surface area contributed by atoms with E-state index < -0.39 is 6.61 Å². The van der Waals surface area contributed by atoms with E-state index in [1.54, 1.807) is 30.3 Å². The first-order valence-corrected chi connectivity index (χ1v) is 7.99. The van der Waals surface area contributed by atoms with E-state index >= 15 is 0 Å². The van der Waals surface area contributed by atoms with Crippen LogP contribution in [0.5, 0.6) is 11.5 Å². The first-order valence-electron chi connectivity index (χ1n) is 6.82. The van der Waals surface area contributed by atoms with E-state index in [2.05, 4.69) is 26.0 Å². The number of nitrogens with one attached hydrogen (secondary N) is 1. The van der Waals surface area contributed by atoms with Gasteiger partial charge in [-0.25, -0.2) is 0 Å². The summed E-state index contributed by atoms with van der Waals surface area (Å²) in [5, 5.41) is 3.05. The number of carbonyl (C=O) groups excluding carboxylic acids is 1. The van der Waals surface area contributed by atoms with Gasteiger partial charge in [0.2, 0.25) is 0 Å². The molecule has 0 unspecified atom stereocenters. The normalized spacial score (nSPS) is 10.5. The standard InChI is InChI=1S/C16H13BrClF2NO3/c17-11-3-6-14(13(18)7-11)23-9-15(22)21-8-10-1-4-12(5-2-10)24-16(19)20/h1-7,16H,8-9H2,(H,21,22). The molecule has 0 saturated heterocycles. The van der Waals surface area contributed by atoms with Crippen molar-refractivity contribution in [1.82, 2.24) is 5.32 Å². The summed E-state index contributed by atoms with van der Waals surface area (Å²) in [4.78, 5) is 11.8. The molecular weight excluding hydrogens is 408 g/mol. The summed E-state index contributed by atoms with van der Waals surface area (Å²) in [6.45, 7) is -2.81. The van der Waals surface area contributed by atoms with Crippen molar-refractivity contribution in [1.29, 1.82) is 0 Å². The molecule has 2 aromatic carbocycles. The van der Waals surface area contributed by atoms with Crippen molar-refractivity contribution in [3.05, 3.63) is 57.5 Å². The van der Waals surface area contributed by atoms with E-state index in [1.807, 2.05) is 0 Å². The second kappa shape index (κ2) is 8.84. The van der Waals surface area contributed by atoms with Gasteiger partial charge in [-0.3, -0.25) is 4.79 Å². The minimum atomic E-state index is -2.86. The number of carbonyl (C=O) groups is 1. The Hall–Kier alpha value is -1.86. The molecule has 8 heteroatoms. The number of rotatable bonds is 7. The molecular formula is C16H13BrClF2NO3. The Morgan fingerprint density at radius 3 is 2.54 bits per heavy atom. The highest BCUT2D eigenvalue weighted by Crippen LogP contribution is 2.27. The minimum absolute atomic E-state index is 0.0632. The summed E-state index contributed by atoms with van der Waals surface area (Å²) in [6, 6.07) is 11.1. The summed E-state index contributed by atoms with van der Waals surface area (Å²) in [5.41, 5.74) is 0.742. The van der Waals surface area contributed by atoms with Crippen LogP contribution < -0.4 is 14.8 Å². The average molecular weight is 421 g/mol. The van der Waals surface area contributed by atoms with Crippen LogP contribution in [-0.4, -0.2) is 19.1 Å². The number of amides is 1. The van der Waals surface area contributed by atoms with Gasteiger partial charge >= 0.3 is 6.61 Å². The predicted octanol–water partition coefficient (Wildman–Crippen LogP) is 4.40. The Kier molecular flexibility index (Phi) is 6.81. The summed E-state index contributed by atoms with van der Waals surface area (Å²) >= 11 is 9.26. The smallest absolute Gasteiger partial charge is 0.387 e. The molecule has 4 nitrogen and oxygen atoms in total. The third-order valence-electron chi connectivity index (χ3n) is 2.89. The van der Waals surface area contributed by atoms with Gasteiger partial charge in [-0.15, -0.1) is 0 Å². The number of alkyl halides is 2. The maximum Gasteiger partial charge on any atom is 0.387 e. The molecule has 2 rings (SSSR count). The van der Waals surface area contributed by atoms with Crippen LogP contribution in [0.4, 0.5) is 8.78 Å². The SMILES string of the molecule is O=C(COc1ccc(Br)cc1Cl)NCc1ccc(OC(F)F)cc1. The van der Waals surface area contributed by atoms with Crippen molar-refractivity contribution in [2.24, 2.45) is 0 Å². The third-order valence-corrected chi connectivity index (χ3v) is 3.68. The number of benzene rings is 2. The number of hydrogen-bond acceptors (Lipinski definition) is 3. The highest BCUT2D eigenvalue weighted by molar-refractivity contribution is 9.10. The minimum Gasteiger partial charge on any atom is -0.482 e. The lowest BCUT2D eigenvalue weighted by atomic mass is 10.2. The zero-order valence-corrected chi connectivity index (χ0v) is 14.6. The van der Waals surface area contributed by atoms with E-state index in [-0.39, 0.29) is 24.8 Å².